The lowest BCUT2D eigenvalue weighted by Gasteiger charge is -2.27. The molecule has 0 spiro atoms. The molecule has 0 rings (SSSR count). The maximum absolute atomic E-state index is 11.4. The van der Waals surface area contributed by atoms with Gasteiger partial charge in [-0.2, -0.15) is 11.8 Å². The Morgan fingerprint density at radius 3 is 2.25 bits per heavy atom. The molecule has 0 aromatic carbocycles. The minimum absolute atomic E-state index is 0.255. The molecule has 0 aromatic rings. The van der Waals surface area contributed by atoms with E-state index in [2.05, 4.69) is 26.1 Å². The van der Waals surface area contributed by atoms with Crippen molar-refractivity contribution in [2.24, 2.45) is 5.73 Å². The van der Waals surface area contributed by atoms with Gasteiger partial charge in [-0.1, -0.05) is 27.7 Å². The number of thioether (sulfide) groups is 1. The first kappa shape index (κ1) is 15.8. The molecule has 0 heterocycles. The molecule has 0 fully saturated rings. The van der Waals surface area contributed by atoms with Crippen LogP contribution in [0.5, 0.6) is 0 Å². The van der Waals surface area contributed by atoms with Crippen molar-refractivity contribution in [1.29, 1.82) is 0 Å². The van der Waals surface area contributed by atoms with Crippen molar-refractivity contribution in [1.82, 2.24) is 5.32 Å². The molecule has 1 unspecified atom stereocenters. The van der Waals surface area contributed by atoms with Crippen molar-refractivity contribution < 1.29 is 4.79 Å². The molecular formula is C12H26N2OS. The van der Waals surface area contributed by atoms with Gasteiger partial charge in [0.05, 0.1) is 5.54 Å². The highest BCUT2D eigenvalue weighted by Gasteiger charge is 2.29. The summed E-state index contributed by atoms with van der Waals surface area (Å²) in [5.41, 5.74) is 4.87. The summed E-state index contributed by atoms with van der Waals surface area (Å²) in [5.74, 6) is 0.813. The second-order valence-corrected chi connectivity index (χ2v) is 7.21. The first-order valence-corrected chi connectivity index (χ1v) is 6.89. The number of nitrogens with two attached hydrogens (primary N) is 1. The minimum Gasteiger partial charge on any atom is -0.368 e. The summed E-state index contributed by atoms with van der Waals surface area (Å²) in [4.78, 5) is 11.4. The molecule has 3 nitrogen and oxygen atoms in total. The zero-order valence-electron chi connectivity index (χ0n) is 11.2. The van der Waals surface area contributed by atoms with E-state index in [1.165, 1.54) is 0 Å². The van der Waals surface area contributed by atoms with Crippen LogP contribution in [-0.2, 0) is 4.79 Å². The summed E-state index contributed by atoms with van der Waals surface area (Å²) in [5, 5.41) is 3.17. The summed E-state index contributed by atoms with van der Waals surface area (Å²) in [6, 6.07) is 0. The second kappa shape index (κ2) is 6.50. The van der Waals surface area contributed by atoms with Gasteiger partial charge in [0.2, 0.25) is 5.91 Å². The molecule has 0 saturated heterocycles. The normalized spacial score (nSPS) is 15.8. The molecule has 0 aliphatic rings. The number of carbonyl (C=O) groups is 1. The third kappa shape index (κ3) is 6.38. The maximum Gasteiger partial charge on any atom is 0.237 e. The van der Waals surface area contributed by atoms with Crippen LogP contribution in [0.25, 0.3) is 0 Å². The fourth-order valence-electron chi connectivity index (χ4n) is 1.49. The second-order valence-electron chi connectivity index (χ2n) is 5.29. The van der Waals surface area contributed by atoms with Gasteiger partial charge in [-0.15, -0.1) is 0 Å². The molecule has 1 amide bonds. The van der Waals surface area contributed by atoms with E-state index in [4.69, 9.17) is 5.73 Å². The van der Waals surface area contributed by atoms with Gasteiger partial charge in [0.15, 0.2) is 0 Å². The zero-order valence-corrected chi connectivity index (χ0v) is 12.0. The van der Waals surface area contributed by atoms with E-state index < -0.39 is 5.54 Å². The Morgan fingerprint density at radius 1 is 1.31 bits per heavy atom. The van der Waals surface area contributed by atoms with E-state index in [0.29, 0.717) is 4.75 Å². The molecule has 1 atom stereocenters. The Labute approximate surface area is 104 Å². The molecular weight excluding hydrogens is 220 g/mol. The highest BCUT2D eigenvalue weighted by Crippen LogP contribution is 2.25. The molecule has 4 heteroatoms. The molecule has 0 aliphatic heterocycles. The van der Waals surface area contributed by atoms with E-state index in [-0.39, 0.29) is 5.91 Å². The van der Waals surface area contributed by atoms with Gasteiger partial charge in [0.1, 0.15) is 0 Å². The summed E-state index contributed by atoms with van der Waals surface area (Å²) in [6.45, 7) is 11.3. The monoisotopic (exact) mass is 246 g/mol. The number of carbonyl (C=O) groups excluding carboxylic acids is 1. The molecule has 0 radical (unpaired) electrons. The highest BCUT2D eigenvalue weighted by atomic mass is 32.2. The number of amides is 1. The largest absolute Gasteiger partial charge is 0.368 e. The molecule has 0 saturated carbocycles. The predicted octanol–water partition coefficient (Wildman–Crippen LogP) is 2.15. The van der Waals surface area contributed by atoms with Crippen molar-refractivity contribution in [3.05, 3.63) is 0 Å². The van der Waals surface area contributed by atoms with Gasteiger partial charge < -0.3 is 11.1 Å². The van der Waals surface area contributed by atoms with Crippen LogP contribution in [0.1, 0.15) is 47.5 Å². The Balaban J connectivity index is 4.00. The van der Waals surface area contributed by atoms with Gasteiger partial charge in [0, 0.05) is 4.75 Å². The van der Waals surface area contributed by atoms with Crippen LogP contribution in [0.2, 0.25) is 0 Å². The topological polar surface area (TPSA) is 55.1 Å². The highest BCUT2D eigenvalue weighted by molar-refractivity contribution is 8.00. The zero-order chi connectivity index (χ0) is 12.8. The van der Waals surface area contributed by atoms with E-state index in [0.717, 1.165) is 25.1 Å². The van der Waals surface area contributed by atoms with Crippen molar-refractivity contribution in [3.63, 3.8) is 0 Å². The molecule has 0 aliphatic carbocycles. The lowest BCUT2D eigenvalue weighted by molar-refractivity contribution is -0.124. The Kier molecular flexibility index (Phi) is 6.41. The SMILES string of the molecule is CCNC(C)(CCCSC(C)(C)C)C(N)=O. The first-order chi connectivity index (χ1) is 7.21. The Morgan fingerprint density at radius 2 is 1.88 bits per heavy atom. The molecule has 3 N–H and O–H groups in total. The van der Waals surface area contributed by atoms with Crippen molar-refractivity contribution >= 4 is 17.7 Å². The summed E-state index contributed by atoms with van der Waals surface area (Å²) in [7, 11) is 0. The number of nitrogens with one attached hydrogen (secondary N) is 1. The number of primary amides is 1. The minimum atomic E-state index is -0.548. The average molecular weight is 246 g/mol. The smallest absolute Gasteiger partial charge is 0.237 e. The first-order valence-electron chi connectivity index (χ1n) is 5.90. The van der Waals surface area contributed by atoms with Crippen LogP contribution < -0.4 is 11.1 Å². The lowest BCUT2D eigenvalue weighted by atomic mass is 9.95. The van der Waals surface area contributed by atoms with E-state index >= 15 is 0 Å². The van der Waals surface area contributed by atoms with Crippen LogP contribution in [-0.4, -0.2) is 28.5 Å². The maximum atomic E-state index is 11.4. The summed E-state index contributed by atoms with van der Waals surface area (Å²) in [6.07, 6.45) is 1.81. The quantitative estimate of drug-likeness (QED) is 0.677. The van der Waals surface area contributed by atoms with Gasteiger partial charge in [0.25, 0.3) is 0 Å². The van der Waals surface area contributed by atoms with Crippen LogP contribution in [0.3, 0.4) is 0 Å². The standard InChI is InChI=1S/C12H26N2OS/c1-6-14-12(5,10(13)15)8-7-9-16-11(2,3)4/h14H,6-9H2,1-5H3,(H2,13,15). The van der Waals surface area contributed by atoms with Crippen LogP contribution in [0.4, 0.5) is 0 Å². The number of hydrogen-bond acceptors (Lipinski definition) is 3. The van der Waals surface area contributed by atoms with Gasteiger partial charge in [-0.05, 0) is 32.1 Å². The number of hydrogen-bond donors (Lipinski definition) is 2. The van der Waals surface area contributed by atoms with Crippen molar-refractivity contribution in [2.75, 3.05) is 12.3 Å². The molecule has 16 heavy (non-hydrogen) atoms. The number of likely N-dealkylation sites (N-methyl/N-ethyl adjacent to an activating group) is 1. The fourth-order valence-corrected chi connectivity index (χ4v) is 2.39. The van der Waals surface area contributed by atoms with E-state index in [1.54, 1.807) is 0 Å². The van der Waals surface area contributed by atoms with Gasteiger partial charge in [-0.3, -0.25) is 4.79 Å². The summed E-state index contributed by atoms with van der Waals surface area (Å²) < 4.78 is 0.293. The van der Waals surface area contributed by atoms with E-state index in [1.807, 2.05) is 25.6 Å². The average Bonchev–Trinajstić information content (AvgIpc) is 2.11. The Hall–Kier alpha value is -0.220. The summed E-state index contributed by atoms with van der Waals surface area (Å²) >= 11 is 1.92. The van der Waals surface area contributed by atoms with Gasteiger partial charge >= 0.3 is 0 Å². The lowest BCUT2D eigenvalue weighted by Crippen LogP contribution is -2.53. The number of rotatable bonds is 7. The van der Waals surface area contributed by atoms with Crippen LogP contribution in [0, 0.1) is 0 Å². The third-order valence-corrected chi connectivity index (χ3v) is 3.83. The molecule has 0 aromatic heterocycles. The Bertz CT molecular complexity index is 226. The van der Waals surface area contributed by atoms with Gasteiger partial charge in [-0.25, -0.2) is 0 Å². The molecule has 96 valence electrons. The third-order valence-electron chi connectivity index (χ3n) is 2.47. The van der Waals surface area contributed by atoms with Crippen LogP contribution >= 0.6 is 11.8 Å². The van der Waals surface area contributed by atoms with Crippen molar-refractivity contribution in [3.8, 4) is 0 Å². The fraction of sp³-hybridized carbons (Fsp3) is 0.917. The molecule has 0 bridgehead atoms. The predicted molar refractivity (Wildman–Crippen MR) is 72.7 cm³/mol. The van der Waals surface area contributed by atoms with E-state index in [9.17, 15) is 4.79 Å². The van der Waals surface area contributed by atoms with Crippen LogP contribution in [0.15, 0.2) is 0 Å². The van der Waals surface area contributed by atoms with Crippen molar-refractivity contribution in [2.45, 2.75) is 57.7 Å².